The molecule has 0 amide bonds. The first kappa shape index (κ1) is 14.3. The number of aromatic nitrogens is 2. The number of halogens is 4. The van der Waals surface area contributed by atoms with Crippen molar-refractivity contribution in [2.45, 2.75) is 44.0 Å². The molecule has 1 aliphatic rings. The van der Waals surface area contributed by atoms with Gasteiger partial charge in [0.25, 0.3) is 0 Å². The number of anilines is 1. The van der Waals surface area contributed by atoms with Crippen molar-refractivity contribution in [1.29, 1.82) is 0 Å². The van der Waals surface area contributed by atoms with E-state index < -0.39 is 23.3 Å². The molecule has 106 valence electrons. The van der Waals surface area contributed by atoms with Crippen molar-refractivity contribution in [3.8, 4) is 0 Å². The third kappa shape index (κ3) is 3.70. The summed E-state index contributed by atoms with van der Waals surface area (Å²) in [5.74, 6) is -0.0155. The van der Waals surface area contributed by atoms with E-state index in [9.17, 15) is 18.3 Å². The lowest BCUT2D eigenvalue weighted by atomic mass is 9.92. The van der Waals surface area contributed by atoms with Crippen molar-refractivity contribution in [2.75, 3.05) is 5.32 Å². The predicted molar refractivity (Wildman–Crippen MR) is 63.9 cm³/mol. The van der Waals surface area contributed by atoms with Crippen molar-refractivity contribution in [1.82, 2.24) is 9.97 Å². The minimum absolute atomic E-state index is 0.0155. The predicted octanol–water partition coefficient (Wildman–Crippen LogP) is 2.86. The summed E-state index contributed by atoms with van der Waals surface area (Å²) in [6.07, 6.45) is -2.02. The highest BCUT2D eigenvalue weighted by molar-refractivity contribution is 6.28. The van der Waals surface area contributed by atoms with E-state index >= 15 is 0 Å². The molecule has 8 heteroatoms. The second-order valence-electron chi connectivity index (χ2n) is 4.51. The van der Waals surface area contributed by atoms with Crippen molar-refractivity contribution < 1.29 is 18.3 Å². The molecule has 2 rings (SSSR count). The minimum Gasteiger partial charge on any atom is -0.391 e. The average molecular weight is 296 g/mol. The van der Waals surface area contributed by atoms with Crippen molar-refractivity contribution in [3.05, 3.63) is 17.0 Å². The summed E-state index contributed by atoms with van der Waals surface area (Å²) in [6, 6.07) is 0.494. The van der Waals surface area contributed by atoms with Gasteiger partial charge in [0.15, 0.2) is 5.69 Å². The van der Waals surface area contributed by atoms with Gasteiger partial charge in [-0.3, -0.25) is 0 Å². The fraction of sp³-hybridized carbons (Fsp3) is 0.636. The monoisotopic (exact) mass is 295 g/mol. The quantitative estimate of drug-likeness (QED) is 0.824. The molecule has 0 saturated heterocycles. The van der Waals surface area contributed by atoms with Crippen LogP contribution in [0.5, 0.6) is 0 Å². The van der Waals surface area contributed by atoms with Gasteiger partial charge in [-0.1, -0.05) is 12.8 Å². The van der Waals surface area contributed by atoms with Crippen LogP contribution in [0.15, 0.2) is 6.07 Å². The normalized spacial score (nSPS) is 24.3. The molecule has 1 fully saturated rings. The first-order chi connectivity index (χ1) is 8.86. The Balaban J connectivity index is 2.18. The van der Waals surface area contributed by atoms with E-state index in [0.29, 0.717) is 12.8 Å². The van der Waals surface area contributed by atoms with Crippen LogP contribution in [0.4, 0.5) is 19.0 Å². The van der Waals surface area contributed by atoms with E-state index in [1.807, 2.05) is 0 Å². The van der Waals surface area contributed by atoms with Gasteiger partial charge in [-0.15, -0.1) is 0 Å². The van der Waals surface area contributed by atoms with Gasteiger partial charge in [-0.05, 0) is 24.4 Å². The Bertz CT molecular complexity index is 455. The highest BCUT2D eigenvalue weighted by Crippen LogP contribution is 2.30. The highest BCUT2D eigenvalue weighted by atomic mass is 35.5. The van der Waals surface area contributed by atoms with Crippen LogP contribution in [0, 0.1) is 0 Å². The van der Waals surface area contributed by atoms with Crippen LogP contribution >= 0.6 is 11.6 Å². The zero-order valence-electron chi connectivity index (χ0n) is 9.91. The lowest BCUT2D eigenvalue weighted by molar-refractivity contribution is -0.141. The Labute approximate surface area is 113 Å². The van der Waals surface area contributed by atoms with Gasteiger partial charge in [0, 0.05) is 6.07 Å². The molecule has 2 N–H and O–H groups in total. The van der Waals surface area contributed by atoms with Gasteiger partial charge >= 0.3 is 6.18 Å². The zero-order valence-corrected chi connectivity index (χ0v) is 10.7. The Morgan fingerprint density at radius 1 is 1.26 bits per heavy atom. The van der Waals surface area contributed by atoms with Crippen LogP contribution < -0.4 is 5.32 Å². The summed E-state index contributed by atoms with van der Waals surface area (Å²) in [4.78, 5) is 6.85. The summed E-state index contributed by atoms with van der Waals surface area (Å²) >= 11 is 5.49. The lowest BCUT2D eigenvalue weighted by Gasteiger charge is -2.28. The lowest BCUT2D eigenvalue weighted by Crippen LogP contribution is -2.36. The SMILES string of the molecule is OC1CCCCC1Nc1cc(C(F)(F)F)nc(Cl)n1. The first-order valence-electron chi connectivity index (χ1n) is 5.92. The Hall–Kier alpha value is -1.08. The molecule has 0 spiro atoms. The van der Waals surface area contributed by atoms with Gasteiger partial charge in [0.05, 0.1) is 12.1 Å². The minimum atomic E-state index is -4.58. The summed E-state index contributed by atoms with van der Waals surface area (Å²) in [5.41, 5.74) is -1.10. The summed E-state index contributed by atoms with van der Waals surface area (Å²) in [7, 11) is 0. The van der Waals surface area contributed by atoms with Gasteiger partial charge in [-0.25, -0.2) is 9.97 Å². The largest absolute Gasteiger partial charge is 0.433 e. The molecule has 0 radical (unpaired) electrons. The van der Waals surface area contributed by atoms with E-state index in [0.717, 1.165) is 18.9 Å². The Morgan fingerprint density at radius 2 is 1.95 bits per heavy atom. The number of aliphatic hydroxyl groups is 1. The fourth-order valence-corrected chi connectivity index (χ4v) is 2.29. The number of rotatable bonds is 2. The molecule has 1 aliphatic carbocycles. The smallest absolute Gasteiger partial charge is 0.391 e. The van der Waals surface area contributed by atoms with Crippen LogP contribution in [0.2, 0.25) is 5.28 Å². The van der Waals surface area contributed by atoms with Crippen LogP contribution in [-0.4, -0.2) is 27.2 Å². The molecule has 4 nitrogen and oxygen atoms in total. The van der Waals surface area contributed by atoms with Gasteiger partial charge in [-0.2, -0.15) is 13.2 Å². The highest BCUT2D eigenvalue weighted by Gasteiger charge is 2.34. The number of nitrogens with one attached hydrogen (secondary N) is 1. The third-order valence-electron chi connectivity index (χ3n) is 3.05. The molecule has 0 aliphatic heterocycles. The topological polar surface area (TPSA) is 58.0 Å². The summed E-state index contributed by atoms with van der Waals surface area (Å²) in [6.45, 7) is 0. The third-order valence-corrected chi connectivity index (χ3v) is 3.22. The van der Waals surface area contributed by atoms with E-state index in [1.165, 1.54) is 0 Å². The van der Waals surface area contributed by atoms with Crippen molar-refractivity contribution in [2.24, 2.45) is 0 Å². The van der Waals surface area contributed by atoms with Crippen LogP contribution in [0.25, 0.3) is 0 Å². The summed E-state index contributed by atoms with van der Waals surface area (Å²) in [5, 5.41) is 12.1. The van der Waals surface area contributed by atoms with E-state index in [-0.39, 0.29) is 11.9 Å². The molecular weight excluding hydrogens is 283 g/mol. The standard InChI is InChI=1S/C11H13ClF3N3O/c12-10-17-8(11(13,14)15)5-9(18-10)16-6-3-1-2-4-7(6)19/h5-7,19H,1-4H2,(H,16,17,18). The molecule has 1 heterocycles. The van der Waals surface area contributed by atoms with Gasteiger partial charge < -0.3 is 10.4 Å². The maximum absolute atomic E-state index is 12.6. The molecular formula is C11H13ClF3N3O. The molecule has 2 atom stereocenters. The fourth-order valence-electron chi connectivity index (χ4n) is 2.11. The van der Waals surface area contributed by atoms with Gasteiger partial charge in [0.1, 0.15) is 5.82 Å². The van der Waals surface area contributed by atoms with Crippen molar-refractivity contribution in [3.63, 3.8) is 0 Å². The molecule has 19 heavy (non-hydrogen) atoms. The molecule has 1 saturated carbocycles. The van der Waals surface area contributed by atoms with E-state index in [2.05, 4.69) is 15.3 Å². The second kappa shape index (κ2) is 5.50. The number of alkyl halides is 3. The summed E-state index contributed by atoms with van der Waals surface area (Å²) < 4.78 is 37.7. The second-order valence-corrected chi connectivity index (χ2v) is 4.85. The zero-order chi connectivity index (χ0) is 14.0. The molecule has 1 aromatic rings. The maximum atomic E-state index is 12.6. The van der Waals surface area contributed by atoms with E-state index in [1.54, 1.807) is 0 Å². The number of hydrogen-bond donors (Lipinski definition) is 2. The number of nitrogens with zero attached hydrogens (tertiary/aromatic N) is 2. The van der Waals surface area contributed by atoms with E-state index in [4.69, 9.17) is 11.6 Å². The van der Waals surface area contributed by atoms with Gasteiger partial charge in [0.2, 0.25) is 5.28 Å². The van der Waals surface area contributed by atoms with Crippen LogP contribution in [0.1, 0.15) is 31.4 Å². The van der Waals surface area contributed by atoms with Crippen LogP contribution in [-0.2, 0) is 6.18 Å². The van der Waals surface area contributed by atoms with Crippen LogP contribution in [0.3, 0.4) is 0 Å². The molecule has 0 aromatic carbocycles. The average Bonchev–Trinajstić information content (AvgIpc) is 2.30. The molecule has 1 aromatic heterocycles. The first-order valence-corrected chi connectivity index (χ1v) is 6.30. The van der Waals surface area contributed by atoms with Crippen molar-refractivity contribution >= 4 is 17.4 Å². The Kier molecular flexibility index (Phi) is 4.15. The number of aliphatic hydroxyl groups excluding tert-OH is 1. The molecule has 2 unspecified atom stereocenters. The maximum Gasteiger partial charge on any atom is 0.433 e. The molecule has 0 bridgehead atoms. The Morgan fingerprint density at radius 3 is 2.58 bits per heavy atom. The number of hydrogen-bond acceptors (Lipinski definition) is 4.